The van der Waals surface area contributed by atoms with E-state index in [2.05, 4.69) is 10.6 Å². The van der Waals surface area contributed by atoms with Crippen molar-refractivity contribution in [3.05, 3.63) is 35.9 Å². The summed E-state index contributed by atoms with van der Waals surface area (Å²) in [5.74, 6) is -1.24. The number of esters is 1. The molecule has 0 spiro atoms. The second-order valence-corrected chi connectivity index (χ2v) is 6.82. The van der Waals surface area contributed by atoms with E-state index in [1.54, 1.807) is 13.8 Å². The zero-order chi connectivity index (χ0) is 20.4. The van der Waals surface area contributed by atoms with Gasteiger partial charge in [0.05, 0.1) is 7.11 Å². The van der Waals surface area contributed by atoms with E-state index in [0.717, 1.165) is 5.56 Å². The van der Waals surface area contributed by atoms with Crippen LogP contribution in [-0.4, -0.2) is 37.2 Å². The lowest BCUT2D eigenvalue weighted by molar-refractivity contribution is -0.147. The zero-order valence-corrected chi connectivity index (χ0v) is 16.7. The first-order valence-electron chi connectivity index (χ1n) is 9.15. The minimum atomic E-state index is -0.829. The van der Waals surface area contributed by atoms with Crippen LogP contribution < -0.4 is 10.6 Å². The number of alkyl carbamates (subject to hydrolysis) is 1. The van der Waals surface area contributed by atoms with Gasteiger partial charge in [-0.15, -0.1) is 0 Å². The molecule has 0 bridgehead atoms. The van der Waals surface area contributed by atoms with Gasteiger partial charge in [0.25, 0.3) is 0 Å². The number of carbonyl (C=O) groups is 3. The molecule has 0 aliphatic carbocycles. The van der Waals surface area contributed by atoms with Gasteiger partial charge in [0.1, 0.15) is 18.7 Å². The second kappa shape index (κ2) is 11.2. The van der Waals surface area contributed by atoms with Crippen LogP contribution in [0.25, 0.3) is 0 Å². The molecule has 1 aromatic rings. The first-order valence-corrected chi connectivity index (χ1v) is 9.15. The van der Waals surface area contributed by atoms with Crippen molar-refractivity contribution in [3.8, 4) is 0 Å². The number of rotatable bonds is 9. The Morgan fingerprint density at radius 3 is 2.15 bits per heavy atom. The van der Waals surface area contributed by atoms with Gasteiger partial charge in [-0.25, -0.2) is 9.59 Å². The van der Waals surface area contributed by atoms with Gasteiger partial charge in [0.15, 0.2) is 0 Å². The summed E-state index contributed by atoms with van der Waals surface area (Å²) in [6, 6.07) is 7.66. The van der Waals surface area contributed by atoms with Gasteiger partial charge in [-0.2, -0.15) is 0 Å². The lowest BCUT2D eigenvalue weighted by atomic mass is 9.97. The highest BCUT2D eigenvalue weighted by Gasteiger charge is 2.32. The lowest BCUT2D eigenvalue weighted by Gasteiger charge is -2.26. The Bertz CT molecular complexity index is 618. The van der Waals surface area contributed by atoms with Crippen molar-refractivity contribution < 1.29 is 23.9 Å². The van der Waals surface area contributed by atoms with Crippen molar-refractivity contribution in [2.75, 3.05) is 7.11 Å². The molecule has 0 aliphatic heterocycles. The fraction of sp³-hybridized carbons (Fsp3) is 0.550. The van der Waals surface area contributed by atoms with Gasteiger partial charge in [0, 0.05) is 0 Å². The number of ether oxygens (including phenoxy) is 2. The van der Waals surface area contributed by atoms with Gasteiger partial charge < -0.3 is 20.1 Å². The Morgan fingerprint density at radius 1 is 1.00 bits per heavy atom. The highest BCUT2D eigenvalue weighted by Crippen LogP contribution is 2.11. The van der Waals surface area contributed by atoms with Crippen LogP contribution in [0.1, 0.15) is 39.7 Å². The van der Waals surface area contributed by atoms with Crippen molar-refractivity contribution in [2.24, 2.45) is 11.8 Å². The minimum absolute atomic E-state index is 0.0979. The van der Waals surface area contributed by atoms with Crippen LogP contribution in [0.15, 0.2) is 30.3 Å². The summed E-state index contributed by atoms with van der Waals surface area (Å²) < 4.78 is 9.96. The maximum Gasteiger partial charge on any atom is 0.408 e. The third-order valence-electron chi connectivity index (χ3n) is 4.40. The number of hydrogen-bond donors (Lipinski definition) is 2. The summed E-state index contributed by atoms with van der Waals surface area (Å²) in [5, 5.41) is 5.28. The van der Waals surface area contributed by atoms with E-state index in [4.69, 9.17) is 9.47 Å². The molecular weight excluding hydrogens is 348 g/mol. The van der Waals surface area contributed by atoms with Crippen LogP contribution in [0, 0.1) is 11.8 Å². The Labute approximate surface area is 160 Å². The number of nitrogens with one attached hydrogen (secondary N) is 2. The summed E-state index contributed by atoms with van der Waals surface area (Å²) in [4.78, 5) is 36.7. The van der Waals surface area contributed by atoms with Gasteiger partial charge in [-0.1, -0.05) is 64.4 Å². The molecule has 1 aromatic carbocycles. The number of methoxy groups -OCH3 is 1. The van der Waals surface area contributed by atoms with Crippen LogP contribution in [0.5, 0.6) is 0 Å². The van der Waals surface area contributed by atoms with E-state index < -0.39 is 30.1 Å². The molecule has 0 saturated heterocycles. The largest absolute Gasteiger partial charge is 0.467 e. The molecule has 0 radical (unpaired) electrons. The predicted molar refractivity (Wildman–Crippen MR) is 102 cm³/mol. The van der Waals surface area contributed by atoms with E-state index in [-0.39, 0.29) is 18.4 Å². The normalized spacial score (nSPS) is 14.0. The van der Waals surface area contributed by atoms with E-state index in [1.165, 1.54) is 7.11 Å². The first-order chi connectivity index (χ1) is 12.8. The zero-order valence-electron chi connectivity index (χ0n) is 16.7. The molecule has 0 unspecified atom stereocenters. The molecule has 2 amide bonds. The lowest BCUT2D eigenvalue weighted by Crippen LogP contribution is -2.55. The van der Waals surface area contributed by atoms with Crippen LogP contribution >= 0.6 is 0 Å². The molecular formula is C20H30N2O5. The molecule has 150 valence electrons. The fourth-order valence-corrected chi connectivity index (χ4v) is 2.47. The van der Waals surface area contributed by atoms with Crippen molar-refractivity contribution in [1.82, 2.24) is 10.6 Å². The maximum atomic E-state index is 12.7. The van der Waals surface area contributed by atoms with Gasteiger partial charge in [0.2, 0.25) is 5.91 Å². The fourth-order valence-electron chi connectivity index (χ4n) is 2.47. The molecule has 7 nitrogen and oxygen atoms in total. The third kappa shape index (κ3) is 7.29. The topological polar surface area (TPSA) is 93.7 Å². The van der Waals surface area contributed by atoms with Crippen LogP contribution in [-0.2, 0) is 25.7 Å². The van der Waals surface area contributed by atoms with E-state index in [9.17, 15) is 14.4 Å². The maximum absolute atomic E-state index is 12.7. The minimum Gasteiger partial charge on any atom is -0.467 e. The third-order valence-corrected chi connectivity index (χ3v) is 4.40. The monoisotopic (exact) mass is 378 g/mol. The highest BCUT2D eigenvalue weighted by atomic mass is 16.5. The quantitative estimate of drug-likeness (QED) is 0.644. The average Bonchev–Trinajstić information content (AvgIpc) is 2.67. The van der Waals surface area contributed by atoms with Crippen LogP contribution in [0.4, 0.5) is 4.79 Å². The molecule has 7 heteroatoms. The summed E-state index contributed by atoms with van der Waals surface area (Å²) in [7, 11) is 1.28. The molecule has 0 fully saturated rings. The van der Waals surface area contributed by atoms with Crippen LogP contribution in [0.3, 0.4) is 0 Å². The molecule has 0 heterocycles. The average molecular weight is 378 g/mol. The van der Waals surface area contributed by atoms with Crippen molar-refractivity contribution in [1.29, 1.82) is 0 Å². The molecule has 0 aromatic heterocycles. The molecule has 0 aliphatic rings. The van der Waals surface area contributed by atoms with E-state index >= 15 is 0 Å². The predicted octanol–water partition coefficient (Wildman–Crippen LogP) is 2.64. The molecule has 3 atom stereocenters. The smallest absolute Gasteiger partial charge is 0.408 e. The highest BCUT2D eigenvalue weighted by molar-refractivity contribution is 5.89. The molecule has 1 rings (SSSR count). The SMILES string of the molecule is CC[C@H](C)[C@@H](NC(=O)[C@H](NC(=O)OCc1ccccc1)C(C)C)C(=O)OC. The Balaban J connectivity index is 2.71. The second-order valence-electron chi connectivity index (χ2n) is 6.82. The number of benzene rings is 1. The van der Waals surface area contributed by atoms with Crippen LogP contribution in [0.2, 0.25) is 0 Å². The first kappa shape index (κ1) is 22.5. The summed E-state index contributed by atoms with van der Waals surface area (Å²) in [6.45, 7) is 7.49. The summed E-state index contributed by atoms with van der Waals surface area (Å²) in [5.41, 5.74) is 0.848. The van der Waals surface area contributed by atoms with Gasteiger partial charge >= 0.3 is 12.1 Å². The van der Waals surface area contributed by atoms with E-state index in [0.29, 0.717) is 6.42 Å². The Morgan fingerprint density at radius 2 is 1.63 bits per heavy atom. The molecule has 0 saturated carbocycles. The number of carbonyl (C=O) groups excluding carboxylic acids is 3. The Hall–Kier alpha value is -2.57. The number of hydrogen-bond acceptors (Lipinski definition) is 5. The van der Waals surface area contributed by atoms with E-state index in [1.807, 2.05) is 44.2 Å². The van der Waals surface area contributed by atoms with Crippen molar-refractivity contribution in [2.45, 2.75) is 52.8 Å². The van der Waals surface area contributed by atoms with Gasteiger partial charge in [-0.3, -0.25) is 4.79 Å². The standard InChI is InChI=1S/C20H30N2O5/c1-6-14(4)17(19(24)26-5)21-18(23)16(13(2)3)22-20(25)27-12-15-10-8-7-9-11-15/h7-11,13-14,16-17H,6,12H2,1-5H3,(H,21,23)(H,22,25)/t14-,16+,17+/m0/s1. The molecule has 27 heavy (non-hydrogen) atoms. The van der Waals surface area contributed by atoms with Gasteiger partial charge in [-0.05, 0) is 17.4 Å². The van der Waals surface area contributed by atoms with Crippen molar-refractivity contribution in [3.63, 3.8) is 0 Å². The summed E-state index contributed by atoms with van der Waals surface area (Å²) >= 11 is 0. The van der Waals surface area contributed by atoms with Crippen molar-refractivity contribution >= 4 is 18.0 Å². The summed E-state index contributed by atoms with van der Waals surface area (Å²) in [6.07, 6.45) is 0.00437. The Kier molecular flexibility index (Phi) is 9.33. The number of amides is 2. The molecule has 2 N–H and O–H groups in total.